The van der Waals surface area contributed by atoms with Gasteiger partial charge in [0.05, 0.1) is 18.3 Å². The topological polar surface area (TPSA) is 81.2 Å². The first-order valence-electron chi connectivity index (χ1n) is 6.00. The van der Waals surface area contributed by atoms with Crippen LogP contribution in [0.25, 0.3) is 0 Å². The quantitative estimate of drug-likeness (QED) is 0.785. The molecule has 17 heavy (non-hydrogen) atoms. The first-order valence-corrected chi connectivity index (χ1v) is 6.00. The van der Waals surface area contributed by atoms with E-state index in [2.05, 4.69) is 10.3 Å². The summed E-state index contributed by atoms with van der Waals surface area (Å²) in [6, 6.07) is 0. The van der Waals surface area contributed by atoms with Gasteiger partial charge in [0.2, 0.25) is 11.8 Å². The maximum absolute atomic E-state index is 11.8. The molecular weight excluding hydrogens is 218 g/mol. The number of nitrogens with zero attached hydrogens (tertiary/aromatic N) is 1. The van der Waals surface area contributed by atoms with Crippen LogP contribution in [0.3, 0.4) is 0 Å². The lowest BCUT2D eigenvalue weighted by molar-refractivity contribution is -0.126. The molecular formula is C12H21N3O2. The Labute approximate surface area is 102 Å². The Kier molecular flexibility index (Phi) is 4.69. The standard InChI is InChI=1S/C12H21N3O2/c1-4-6-12(3,13)11(16)15-8-10-14-7-9(5-2)17-10/h7H,4-6,8,13H2,1-3H3,(H,15,16). The van der Waals surface area contributed by atoms with Gasteiger partial charge in [0.25, 0.3) is 0 Å². The van der Waals surface area contributed by atoms with Crippen LogP contribution in [-0.4, -0.2) is 16.4 Å². The van der Waals surface area contributed by atoms with E-state index in [1.165, 1.54) is 0 Å². The molecule has 96 valence electrons. The molecule has 5 nitrogen and oxygen atoms in total. The third-order valence-electron chi connectivity index (χ3n) is 2.64. The van der Waals surface area contributed by atoms with Gasteiger partial charge in [0.1, 0.15) is 5.76 Å². The number of nitrogens with one attached hydrogen (secondary N) is 1. The largest absolute Gasteiger partial charge is 0.444 e. The van der Waals surface area contributed by atoms with Crippen molar-refractivity contribution < 1.29 is 9.21 Å². The highest BCUT2D eigenvalue weighted by atomic mass is 16.4. The highest BCUT2D eigenvalue weighted by Gasteiger charge is 2.26. The molecule has 0 radical (unpaired) electrons. The second-order valence-corrected chi connectivity index (χ2v) is 4.42. The Hall–Kier alpha value is -1.36. The number of hydrogen-bond acceptors (Lipinski definition) is 4. The van der Waals surface area contributed by atoms with E-state index >= 15 is 0 Å². The Morgan fingerprint density at radius 1 is 1.59 bits per heavy atom. The Morgan fingerprint density at radius 3 is 2.82 bits per heavy atom. The lowest BCUT2D eigenvalue weighted by atomic mass is 9.97. The van der Waals surface area contributed by atoms with E-state index in [1.807, 2.05) is 13.8 Å². The van der Waals surface area contributed by atoms with E-state index in [0.29, 0.717) is 12.3 Å². The maximum Gasteiger partial charge on any atom is 0.240 e. The summed E-state index contributed by atoms with van der Waals surface area (Å²) >= 11 is 0. The molecule has 1 aromatic heterocycles. The van der Waals surface area contributed by atoms with Crippen LogP contribution in [0.1, 0.15) is 45.3 Å². The SMILES string of the molecule is CCCC(C)(N)C(=O)NCc1ncc(CC)o1. The normalized spacial score (nSPS) is 14.4. The van der Waals surface area contributed by atoms with E-state index in [9.17, 15) is 4.79 Å². The van der Waals surface area contributed by atoms with Crippen LogP contribution in [0, 0.1) is 0 Å². The first kappa shape index (κ1) is 13.7. The van der Waals surface area contributed by atoms with Crippen LogP contribution in [0.4, 0.5) is 0 Å². The van der Waals surface area contributed by atoms with Crippen molar-refractivity contribution in [3.63, 3.8) is 0 Å². The van der Waals surface area contributed by atoms with Crippen molar-refractivity contribution in [2.75, 3.05) is 0 Å². The van der Waals surface area contributed by atoms with Crippen LogP contribution in [0.15, 0.2) is 10.6 Å². The van der Waals surface area contributed by atoms with Gasteiger partial charge in [0.15, 0.2) is 0 Å². The van der Waals surface area contributed by atoms with Crippen LogP contribution in [-0.2, 0) is 17.8 Å². The Balaban J connectivity index is 2.47. The molecule has 0 aliphatic heterocycles. The average molecular weight is 239 g/mol. The number of rotatable bonds is 6. The minimum absolute atomic E-state index is 0.171. The summed E-state index contributed by atoms with van der Waals surface area (Å²) in [5, 5.41) is 2.74. The second kappa shape index (κ2) is 5.82. The van der Waals surface area contributed by atoms with E-state index in [4.69, 9.17) is 10.2 Å². The summed E-state index contributed by atoms with van der Waals surface area (Å²) in [7, 11) is 0. The molecule has 1 unspecified atom stereocenters. The molecule has 0 spiro atoms. The van der Waals surface area contributed by atoms with Gasteiger partial charge in [0, 0.05) is 6.42 Å². The molecule has 1 atom stereocenters. The summed E-state index contributed by atoms with van der Waals surface area (Å²) in [5.74, 6) is 1.16. The number of aryl methyl sites for hydroxylation is 1. The van der Waals surface area contributed by atoms with E-state index in [1.54, 1.807) is 13.1 Å². The smallest absolute Gasteiger partial charge is 0.240 e. The lowest BCUT2D eigenvalue weighted by Gasteiger charge is -2.22. The van der Waals surface area contributed by atoms with Crippen molar-refractivity contribution >= 4 is 5.91 Å². The monoisotopic (exact) mass is 239 g/mol. The predicted octanol–water partition coefficient (Wildman–Crippen LogP) is 1.37. The molecule has 5 heteroatoms. The van der Waals surface area contributed by atoms with Gasteiger partial charge < -0.3 is 15.5 Å². The van der Waals surface area contributed by atoms with Crippen molar-refractivity contribution in [1.29, 1.82) is 0 Å². The highest BCUT2D eigenvalue weighted by molar-refractivity contribution is 5.85. The summed E-state index contributed by atoms with van der Waals surface area (Å²) in [6.07, 6.45) is 4.00. The zero-order valence-corrected chi connectivity index (χ0v) is 10.7. The maximum atomic E-state index is 11.8. The minimum atomic E-state index is -0.824. The second-order valence-electron chi connectivity index (χ2n) is 4.42. The Bertz CT molecular complexity index is 372. The van der Waals surface area contributed by atoms with Crippen molar-refractivity contribution in [3.8, 4) is 0 Å². The highest BCUT2D eigenvalue weighted by Crippen LogP contribution is 2.09. The predicted molar refractivity (Wildman–Crippen MR) is 65.2 cm³/mol. The van der Waals surface area contributed by atoms with Gasteiger partial charge in [-0.15, -0.1) is 0 Å². The Morgan fingerprint density at radius 2 is 2.29 bits per heavy atom. The van der Waals surface area contributed by atoms with Gasteiger partial charge in [-0.3, -0.25) is 4.79 Å². The molecule has 0 aliphatic carbocycles. The molecule has 1 aromatic rings. The molecule has 0 aromatic carbocycles. The van der Waals surface area contributed by atoms with Crippen LogP contribution < -0.4 is 11.1 Å². The van der Waals surface area contributed by atoms with Crippen molar-refractivity contribution in [1.82, 2.24) is 10.3 Å². The van der Waals surface area contributed by atoms with Gasteiger partial charge >= 0.3 is 0 Å². The molecule has 1 heterocycles. The van der Waals surface area contributed by atoms with Crippen LogP contribution >= 0.6 is 0 Å². The molecule has 1 amide bonds. The fourth-order valence-electron chi connectivity index (χ4n) is 1.58. The number of hydrogen-bond donors (Lipinski definition) is 2. The number of carbonyl (C=O) groups excluding carboxylic acids is 1. The van der Waals surface area contributed by atoms with Crippen molar-refractivity contribution in [3.05, 3.63) is 17.8 Å². The van der Waals surface area contributed by atoms with E-state index in [-0.39, 0.29) is 12.5 Å². The molecule has 0 aliphatic rings. The summed E-state index contributed by atoms with van der Waals surface area (Å²) < 4.78 is 5.39. The summed E-state index contributed by atoms with van der Waals surface area (Å²) in [5.41, 5.74) is 5.08. The lowest BCUT2D eigenvalue weighted by Crippen LogP contribution is -2.51. The third kappa shape index (κ3) is 3.85. The van der Waals surface area contributed by atoms with Gasteiger partial charge in [-0.25, -0.2) is 4.98 Å². The number of amides is 1. The summed E-state index contributed by atoms with van der Waals surface area (Å²) in [6.45, 7) is 6.01. The van der Waals surface area contributed by atoms with Gasteiger partial charge in [-0.2, -0.15) is 0 Å². The zero-order chi connectivity index (χ0) is 12.9. The molecule has 0 saturated heterocycles. The number of oxazole rings is 1. The van der Waals surface area contributed by atoms with Crippen LogP contribution in [0.2, 0.25) is 0 Å². The van der Waals surface area contributed by atoms with Gasteiger partial charge in [-0.05, 0) is 13.3 Å². The number of aromatic nitrogens is 1. The average Bonchev–Trinajstić information content (AvgIpc) is 2.73. The molecule has 1 rings (SSSR count). The van der Waals surface area contributed by atoms with E-state index < -0.39 is 5.54 Å². The summed E-state index contributed by atoms with van der Waals surface area (Å²) in [4.78, 5) is 15.9. The minimum Gasteiger partial charge on any atom is -0.444 e. The van der Waals surface area contributed by atoms with Crippen molar-refractivity contribution in [2.45, 2.75) is 52.1 Å². The number of nitrogens with two attached hydrogens (primary N) is 1. The molecule has 0 fully saturated rings. The van der Waals surface area contributed by atoms with Crippen LogP contribution in [0.5, 0.6) is 0 Å². The molecule has 0 bridgehead atoms. The van der Waals surface area contributed by atoms with Crippen molar-refractivity contribution in [2.24, 2.45) is 5.73 Å². The fourth-order valence-corrected chi connectivity index (χ4v) is 1.58. The van der Waals surface area contributed by atoms with Gasteiger partial charge in [-0.1, -0.05) is 20.3 Å². The van der Waals surface area contributed by atoms with E-state index in [0.717, 1.165) is 18.6 Å². The fraction of sp³-hybridized carbons (Fsp3) is 0.667. The first-order chi connectivity index (χ1) is 7.99. The molecule has 3 N–H and O–H groups in total. The number of carbonyl (C=O) groups is 1. The third-order valence-corrected chi connectivity index (χ3v) is 2.64. The zero-order valence-electron chi connectivity index (χ0n) is 10.7. The molecule has 0 saturated carbocycles.